The molecule has 2 N–H and O–H groups in total. The molecule has 0 unspecified atom stereocenters. The van der Waals surface area contributed by atoms with Crippen molar-refractivity contribution in [3.8, 4) is 0 Å². The summed E-state index contributed by atoms with van der Waals surface area (Å²) >= 11 is 0. The molecule has 2 aliphatic heterocycles. The predicted molar refractivity (Wildman–Crippen MR) is 131 cm³/mol. The molecule has 3 rings (SSSR count). The quantitative estimate of drug-likeness (QED) is 0.397. The molecule has 0 saturated carbocycles. The third-order valence-electron chi connectivity index (χ3n) is 6.14. The summed E-state index contributed by atoms with van der Waals surface area (Å²) in [7, 11) is 1.53. The number of esters is 1. The van der Waals surface area contributed by atoms with Crippen molar-refractivity contribution < 1.29 is 42.8 Å². The molecule has 0 spiro atoms. The summed E-state index contributed by atoms with van der Waals surface area (Å²) in [6.45, 7) is 6.97. The van der Waals surface area contributed by atoms with Gasteiger partial charge in [-0.25, -0.2) is 9.59 Å². The van der Waals surface area contributed by atoms with Gasteiger partial charge in [0.1, 0.15) is 24.9 Å². The van der Waals surface area contributed by atoms with E-state index in [2.05, 4.69) is 10.6 Å². The molecule has 2 heterocycles. The lowest BCUT2D eigenvalue weighted by Crippen LogP contribution is -2.44. The minimum absolute atomic E-state index is 0.109. The average Bonchev–Trinajstić information content (AvgIpc) is 3.33. The van der Waals surface area contributed by atoms with Gasteiger partial charge in [0, 0.05) is 20.1 Å². The maximum absolute atomic E-state index is 12.7. The summed E-state index contributed by atoms with van der Waals surface area (Å²) < 4.78 is 34.0. The van der Waals surface area contributed by atoms with Crippen LogP contribution in [0.1, 0.15) is 52.5 Å². The lowest BCUT2D eigenvalue weighted by atomic mass is 9.97. The Hall–Kier alpha value is -2.73. The van der Waals surface area contributed by atoms with Crippen molar-refractivity contribution in [1.82, 2.24) is 10.6 Å². The maximum Gasteiger partial charge on any atom is 0.407 e. The van der Waals surface area contributed by atoms with E-state index >= 15 is 0 Å². The molecule has 2 aliphatic rings. The van der Waals surface area contributed by atoms with Gasteiger partial charge < -0.3 is 39.1 Å². The highest BCUT2D eigenvalue weighted by Crippen LogP contribution is 2.40. The van der Waals surface area contributed by atoms with E-state index in [1.807, 2.05) is 44.2 Å². The molecule has 0 aromatic heterocycles. The van der Waals surface area contributed by atoms with Crippen molar-refractivity contribution in [3.05, 3.63) is 35.9 Å². The summed E-state index contributed by atoms with van der Waals surface area (Å²) in [5.41, 5.74) is 0.853. The van der Waals surface area contributed by atoms with Gasteiger partial charge in [0.25, 0.3) is 0 Å². The zero-order valence-corrected chi connectivity index (χ0v) is 22.1. The van der Waals surface area contributed by atoms with E-state index in [4.69, 9.17) is 28.4 Å². The van der Waals surface area contributed by atoms with Crippen LogP contribution in [0.25, 0.3) is 0 Å². The van der Waals surface area contributed by atoms with Gasteiger partial charge in [-0.2, -0.15) is 0 Å². The molecule has 11 heteroatoms. The molecule has 1 aromatic carbocycles. The first-order valence-corrected chi connectivity index (χ1v) is 12.6. The number of benzene rings is 1. The second-order valence-electron chi connectivity index (χ2n) is 9.56. The normalized spacial score (nSPS) is 25.5. The highest BCUT2D eigenvalue weighted by molar-refractivity contribution is 5.83. The van der Waals surface area contributed by atoms with Crippen LogP contribution in [0.5, 0.6) is 0 Å². The Morgan fingerprint density at radius 2 is 1.73 bits per heavy atom. The fourth-order valence-electron chi connectivity index (χ4n) is 4.59. The van der Waals surface area contributed by atoms with E-state index in [1.165, 1.54) is 14.0 Å². The van der Waals surface area contributed by atoms with E-state index in [1.54, 1.807) is 6.92 Å². The summed E-state index contributed by atoms with van der Waals surface area (Å²) in [5, 5.41) is 5.51. The SMILES string of the molecule is CCOC(=O)[C@@H](CC[C@@H](C[C@H]1O[C@@H](OC)[C@@H]2OC(C)(C)O[C@@H]21)NC(=O)OCc1ccccc1)NC(C)=O. The fourth-order valence-corrected chi connectivity index (χ4v) is 4.59. The Labute approximate surface area is 217 Å². The van der Waals surface area contributed by atoms with Gasteiger partial charge in [-0.1, -0.05) is 30.3 Å². The minimum Gasteiger partial charge on any atom is -0.464 e. The number of ether oxygens (including phenoxy) is 6. The summed E-state index contributed by atoms with van der Waals surface area (Å²) in [6.07, 6.45) is -1.57. The summed E-state index contributed by atoms with van der Waals surface area (Å²) in [4.78, 5) is 36.8. The Balaban J connectivity index is 1.69. The smallest absolute Gasteiger partial charge is 0.407 e. The molecular weight excluding hydrogens is 484 g/mol. The maximum atomic E-state index is 12.7. The van der Waals surface area contributed by atoms with Crippen LogP contribution < -0.4 is 10.6 Å². The lowest BCUT2D eigenvalue weighted by molar-refractivity contribution is -0.228. The number of carbonyl (C=O) groups excluding carboxylic acids is 3. The average molecular weight is 523 g/mol. The third kappa shape index (κ3) is 8.39. The molecule has 11 nitrogen and oxygen atoms in total. The second kappa shape index (κ2) is 13.2. The molecule has 0 bridgehead atoms. The number of amides is 2. The number of methoxy groups -OCH3 is 1. The zero-order chi connectivity index (χ0) is 27.0. The monoisotopic (exact) mass is 522 g/mol. The molecule has 2 fully saturated rings. The fraction of sp³-hybridized carbons (Fsp3) is 0.654. The molecule has 206 valence electrons. The van der Waals surface area contributed by atoms with Gasteiger partial charge in [0.2, 0.25) is 5.91 Å². The Morgan fingerprint density at radius 1 is 1.03 bits per heavy atom. The number of hydrogen-bond donors (Lipinski definition) is 2. The van der Waals surface area contributed by atoms with Crippen molar-refractivity contribution in [2.45, 2.75) is 96.0 Å². The number of hydrogen-bond acceptors (Lipinski definition) is 9. The minimum atomic E-state index is -0.851. The number of alkyl carbamates (subject to hydrolysis) is 1. The number of rotatable bonds is 12. The standard InChI is InChI=1S/C26H38N2O9/c1-6-33-23(30)19(27-16(2)29)13-12-18(28-25(31)34-15-17-10-8-7-9-11-17)14-20-21-22(24(32-5)35-20)37-26(3,4)36-21/h7-11,18-22,24H,6,12-15H2,1-5H3,(H,27,29)(H,28,31)/t18-,19+,20+,21+,22+,24+/m0/s1. The van der Waals surface area contributed by atoms with Gasteiger partial charge in [-0.15, -0.1) is 0 Å². The molecule has 6 atom stereocenters. The van der Waals surface area contributed by atoms with Crippen LogP contribution in [0.4, 0.5) is 4.79 Å². The van der Waals surface area contributed by atoms with Crippen LogP contribution in [-0.4, -0.2) is 74.2 Å². The Morgan fingerprint density at radius 3 is 2.38 bits per heavy atom. The van der Waals surface area contributed by atoms with Crippen LogP contribution in [0, 0.1) is 0 Å². The van der Waals surface area contributed by atoms with E-state index in [0.29, 0.717) is 12.8 Å². The van der Waals surface area contributed by atoms with Crippen LogP contribution >= 0.6 is 0 Å². The van der Waals surface area contributed by atoms with Crippen LogP contribution in [0.2, 0.25) is 0 Å². The number of fused-ring (bicyclic) bond motifs is 1. The predicted octanol–water partition coefficient (Wildman–Crippen LogP) is 2.41. The van der Waals surface area contributed by atoms with E-state index in [0.717, 1.165) is 5.56 Å². The first-order chi connectivity index (χ1) is 17.6. The second-order valence-corrected chi connectivity index (χ2v) is 9.56. The number of nitrogens with one attached hydrogen (secondary N) is 2. The highest BCUT2D eigenvalue weighted by Gasteiger charge is 2.55. The van der Waals surface area contributed by atoms with Crippen LogP contribution in [0.3, 0.4) is 0 Å². The zero-order valence-electron chi connectivity index (χ0n) is 22.1. The van der Waals surface area contributed by atoms with Gasteiger partial charge in [0.05, 0.1) is 12.7 Å². The van der Waals surface area contributed by atoms with Gasteiger partial charge >= 0.3 is 12.1 Å². The van der Waals surface area contributed by atoms with Crippen molar-refractivity contribution in [3.63, 3.8) is 0 Å². The highest BCUT2D eigenvalue weighted by atomic mass is 16.8. The molecular formula is C26H38N2O9. The lowest BCUT2D eigenvalue weighted by Gasteiger charge is -2.27. The van der Waals surface area contributed by atoms with Crippen molar-refractivity contribution >= 4 is 18.0 Å². The number of carbonyl (C=O) groups is 3. The Bertz CT molecular complexity index is 911. The molecule has 0 radical (unpaired) electrons. The first kappa shape index (κ1) is 28.8. The van der Waals surface area contributed by atoms with Gasteiger partial charge in [-0.3, -0.25) is 4.79 Å². The summed E-state index contributed by atoms with van der Waals surface area (Å²) in [6, 6.07) is 8.01. The van der Waals surface area contributed by atoms with Crippen LogP contribution in [-0.2, 0) is 44.6 Å². The molecule has 37 heavy (non-hydrogen) atoms. The van der Waals surface area contributed by atoms with E-state index in [-0.39, 0.29) is 25.5 Å². The topological polar surface area (TPSA) is 131 Å². The van der Waals surface area contributed by atoms with Crippen molar-refractivity contribution in [2.75, 3.05) is 13.7 Å². The van der Waals surface area contributed by atoms with E-state index in [9.17, 15) is 14.4 Å². The van der Waals surface area contributed by atoms with E-state index < -0.39 is 54.5 Å². The molecule has 2 amide bonds. The summed E-state index contributed by atoms with van der Waals surface area (Å²) in [5.74, 6) is -1.69. The van der Waals surface area contributed by atoms with Gasteiger partial charge in [0.15, 0.2) is 12.1 Å². The Kier molecular flexibility index (Phi) is 10.3. The first-order valence-electron chi connectivity index (χ1n) is 12.6. The molecule has 0 aliphatic carbocycles. The van der Waals surface area contributed by atoms with Crippen molar-refractivity contribution in [1.29, 1.82) is 0 Å². The largest absolute Gasteiger partial charge is 0.464 e. The van der Waals surface area contributed by atoms with Gasteiger partial charge in [-0.05, 0) is 45.6 Å². The molecule has 1 aromatic rings. The third-order valence-corrected chi connectivity index (χ3v) is 6.14. The van der Waals surface area contributed by atoms with Crippen LogP contribution in [0.15, 0.2) is 30.3 Å². The van der Waals surface area contributed by atoms with Crippen molar-refractivity contribution in [2.24, 2.45) is 0 Å². The molecule has 2 saturated heterocycles.